The molecule has 0 bridgehead atoms. The largest absolute Gasteiger partial charge is 0.378 e. The Balaban J connectivity index is 1.76. The summed E-state index contributed by atoms with van der Waals surface area (Å²) in [5.41, 5.74) is 0.419. The molecular formula is C13H17FN2O2. The summed E-state index contributed by atoms with van der Waals surface area (Å²) in [6, 6.07) is 6.46. The minimum atomic E-state index is -0.341. The maximum Gasteiger partial charge on any atom is 0.224 e. The van der Waals surface area contributed by atoms with Crippen LogP contribution in [0.4, 0.5) is 4.39 Å². The van der Waals surface area contributed by atoms with E-state index in [4.69, 9.17) is 4.74 Å². The molecule has 18 heavy (non-hydrogen) atoms. The van der Waals surface area contributed by atoms with E-state index in [2.05, 4.69) is 10.6 Å². The number of morpholine rings is 1. The van der Waals surface area contributed by atoms with Crippen molar-refractivity contribution in [1.82, 2.24) is 10.6 Å². The number of nitrogens with one attached hydrogen (secondary N) is 2. The first-order valence-corrected chi connectivity index (χ1v) is 6.07. The molecule has 0 radical (unpaired) electrons. The lowest BCUT2D eigenvalue weighted by Crippen LogP contribution is -2.48. The number of ether oxygens (including phenoxy) is 1. The lowest BCUT2D eigenvalue weighted by molar-refractivity contribution is -0.120. The monoisotopic (exact) mass is 252 g/mol. The predicted octanol–water partition coefficient (Wildman–Crippen LogP) is 0.473. The Morgan fingerprint density at radius 2 is 2.33 bits per heavy atom. The molecule has 5 heteroatoms. The predicted molar refractivity (Wildman–Crippen MR) is 65.7 cm³/mol. The van der Waals surface area contributed by atoms with Crippen LogP contribution in [-0.4, -0.2) is 38.3 Å². The first-order valence-electron chi connectivity index (χ1n) is 6.07. The number of carbonyl (C=O) groups is 1. The van der Waals surface area contributed by atoms with Gasteiger partial charge in [0.2, 0.25) is 5.91 Å². The summed E-state index contributed by atoms with van der Waals surface area (Å²) >= 11 is 0. The van der Waals surface area contributed by atoms with Gasteiger partial charge in [0, 0.05) is 19.1 Å². The van der Waals surface area contributed by atoms with Crippen molar-refractivity contribution in [3.8, 4) is 0 Å². The second-order valence-electron chi connectivity index (χ2n) is 4.30. The molecule has 1 aliphatic rings. The van der Waals surface area contributed by atoms with E-state index in [9.17, 15) is 9.18 Å². The number of hydrogen-bond donors (Lipinski definition) is 2. The summed E-state index contributed by atoms with van der Waals surface area (Å²) in [5.74, 6) is -0.515. The molecule has 1 atom stereocenters. The molecule has 0 aliphatic carbocycles. The van der Waals surface area contributed by atoms with Crippen LogP contribution in [0.5, 0.6) is 0 Å². The number of halogens is 1. The van der Waals surface area contributed by atoms with Gasteiger partial charge in [-0.1, -0.05) is 18.2 Å². The summed E-state index contributed by atoms with van der Waals surface area (Å²) in [4.78, 5) is 11.7. The van der Waals surface area contributed by atoms with E-state index in [-0.39, 0.29) is 24.2 Å². The fourth-order valence-corrected chi connectivity index (χ4v) is 1.87. The normalized spacial score (nSPS) is 19.5. The Kier molecular flexibility index (Phi) is 4.66. The maximum atomic E-state index is 13.3. The van der Waals surface area contributed by atoms with E-state index >= 15 is 0 Å². The Labute approximate surface area is 106 Å². The molecule has 0 saturated carbocycles. The molecule has 1 saturated heterocycles. The van der Waals surface area contributed by atoms with Gasteiger partial charge in [-0.05, 0) is 11.6 Å². The van der Waals surface area contributed by atoms with Crippen molar-refractivity contribution in [2.75, 3.05) is 26.3 Å². The number of benzene rings is 1. The molecule has 0 spiro atoms. The van der Waals surface area contributed by atoms with Gasteiger partial charge in [-0.3, -0.25) is 4.79 Å². The molecule has 1 aromatic rings. The lowest BCUT2D eigenvalue weighted by atomic mass is 10.1. The third-order valence-corrected chi connectivity index (χ3v) is 2.85. The highest BCUT2D eigenvalue weighted by atomic mass is 19.1. The number of amides is 1. The van der Waals surface area contributed by atoms with E-state index in [1.54, 1.807) is 18.2 Å². The van der Waals surface area contributed by atoms with Gasteiger partial charge in [-0.25, -0.2) is 4.39 Å². The van der Waals surface area contributed by atoms with Gasteiger partial charge < -0.3 is 15.4 Å². The second-order valence-corrected chi connectivity index (χ2v) is 4.30. The van der Waals surface area contributed by atoms with Gasteiger partial charge >= 0.3 is 0 Å². The Morgan fingerprint density at radius 3 is 3.06 bits per heavy atom. The van der Waals surface area contributed by atoms with Crippen LogP contribution >= 0.6 is 0 Å². The lowest BCUT2D eigenvalue weighted by Gasteiger charge is -2.23. The van der Waals surface area contributed by atoms with Crippen LogP contribution in [0, 0.1) is 5.82 Å². The SMILES string of the molecule is O=C(Cc1ccccc1F)NCC1COCCN1. The topological polar surface area (TPSA) is 50.4 Å². The first kappa shape index (κ1) is 13.0. The highest BCUT2D eigenvalue weighted by Crippen LogP contribution is 2.06. The molecule has 1 aliphatic heterocycles. The van der Waals surface area contributed by atoms with Crippen molar-refractivity contribution < 1.29 is 13.9 Å². The smallest absolute Gasteiger partial charge is 0.224 e. The van der Waals surface area contributed by atoms with Crippen molar-refractivity contribution in [2.45, 2.75) is 12.5 Å². The van der Waals surface area contributed by atoms with Crippen LogP contribution in [0.15, 0.2) is 24.3 Å². The van der Waals surface area contributed by atoms with Crippen LogP contribution in [0.3, 0.4) is 0 Å². The molecule has 1 unspecified atom stereocenters. The molecule has 2 N–H and O–H groups in total. The minimum Gasteiger partial charge on any atom is -0.378 e. The van der Waals surface area contributed by atoms with Gasteiger partial charge in [0.1, 0.15) is 5.82 Å². The van der Waals surface area contributed by atoms with Crippen LogP contribution in [0.2, 0.25) is 0 Å². The average Bonchev–Trinajstić information content (AvgIpc) is 2.40. The molecule has 0 aromatic heterocycles. The third kappa shape index (κ3) is 3.78. The van der Waals surface area contributed by atoms with Gasteiger partial charge in [0.05, 0.1) is 19.6 Å². The highest BCUT2D eigenvalue weighted by molar-refractivity contribution is 5.78. The van der Waals surface area contributed by atoms with Crippen molar-refractivity contribution in [2.24, 2.45) is 0 Å². The average molecular weight is 252 g/mol. The molecule has 1 amide bonds. The Hall–Kier alpha value is -1.46. The minimum absolute atomic E-state index is 0.0697. The molecule has 98 valence electrons. The number of carbonyl (C=O) groups excluding carboxylic acids is 1. The van der Waals surface area contributed by atoms with Crippen LogP contribution < -0.4 is 10.6 Å². The van der Waals surface area contributed by atoms with E-state index in [0.717, 1.165) is 6.54 Å². The third-order valence-electron chi connectivity index (χ3n) is 2.85. The molecule has 1 heterocycles. The van der Waals surface area contributed by atoms with Gasteiger partial charge in [-0.15, -0.1) is 0 Å². The summed E-state index contributed by atoms with van der Waals surface area (Å²) in [6.45, 7) is 2.61. The van der Waals surface area contributed by atoms with E-state index in [0.29, 0.717) is 25.3 Å². The van der Waals surface area contributed by atoms with E-state index in [1.807, 2.05) is 0 Å². The maximum absolute atomic E-state index is 13.3. The zero-order valence-corrected chi connectivity index (χ0v) is 10.1. The first-order chi connectivity index (χ1) is 8.75. The number of hydrogen-bond acceptors (Lipinski definition) is 3. The van der Waals surface area contributed by atoms with Gasteiger partial charge in [0.25, 0.3) is 0 Å². The van der Waals surface area contributed by atoms with Crippen molar-refractivity contribution in [1.29, 1.82) is 0 Å². The standard InChI is InChI=1S/C13H17FN2O2/c14-12-4-2-1-3-10(12)7-13(17)16-8-11-9-18-6-5-15-11/h1-4,11,15H,5-9H2,(H,16,17). The Bertz CT molecular complexity index is 406. The molecular weight excluding hydrogens is 235 g/mol. The fraction of sp³-hybridized carbons (Fsp3) is 0.462. The van der Waals surface area contributed by atoms with Crippen LogP contribution in [0.1, 0.15) is 5.56 Å². The van der Waals surface area contributed by atoms with Crippen molar-refractivity contribution in [3.63, 3.8) is 0 Å². The molecule has 1 fully saturated rings. The second kappa shape index (κ2) is 6.47. The van der Waals surface area contributed by atoms with Crippen LogP contribution in [0.25, 0.3) is 0 Å². The zero-order valence-electron chi connectivity index (χ0n) is 10.1. The summed E-state index contributed by atoms with van der Waals surface area (Å²) in [5, 5.41) is 6.02. The summed E-state index contributed by atoms with van der Waals surface area (Å²) in [7, 11) is 0. The highest BCUT2D eigenvalue weighted by Gasteiger charge is 2.14. The summed E-state index contributed by atoms with van der Waals surface area (Å²) < 4.78 is 18.6. The number of rotatable bonds is 4. The van der Waals surface area contributed by atoms with Gasteiger partial charge in [-0.2, -0.15) is 0 Å². The van der Waals surface area contributed by atoms with Crippen LogP contribution in [-0.2, 0) is 16.0 Å². The van der Waals surface area contributed by atoms with Gasteiger partial charge in [0.15, 0.2) is 0 Å². The zero-order chi connectivity index (χ0) is 12.8. The molecule has 4 nitrogen and oxygen atoms in total. The van der Waals surface area contributed by atoms with Crippen molar-refractivity contribution in [3.05, 3.63) is 35.6 Å². The van der Waals surface area contributed by atoms with E-state index < -0.39 is 0 Å². The van der Waals surface area contributed by atoms with E-state index in [1.165, 1.54) is 6.07 Å². The van der Waals surface area contributed by atoms with Crippen molar-refractivity contribution >= 4 is 5.91 Å². The fourth-order valence-electron chi connectivity index (χ4n) is 1.87. The molecule has 2 rings (SSSR count). The molecule has 1 aromatic carbocycles. The quantitative estimate of drug-likeness (QED) is 0.819. The Morgan fingerprint density at radius 1 is 1.50 bits per heavy atom. The summed E-state index contributed by atoms with van der Waals surface area (Å²) in [6.07, 6.45) is 0.0697.